The topological polar surface area (TPSA) is 80.5 Å². The molecule has 164 valence electrons. The summed E-state index contributed by atoms with van der Waals surface area (Å²) in [5, 5.41) is 2.48. The minimum absolute atomic E-state index is 0.0174. The lowest BCUT2D eigenvalue weighted by molar-refractivity contribution is -0.136. The normalized spacial score (nSPS) is 11.4. The number of amides is 1. The van der Waals surface area contributed by atoms with Gasteiger partial charge in [-0.25, -0.2) is 3.93 Å². The van der Waals surface area contributed by atoms with Gasteiger partial charge in [0.2, 0.25) is 0 Å². The van der Waals surface area contributed by atoms with Crippen LogP contribution in [0.5, 0.6) is 11.5 Å². The number of rotatable bonds is 5. The van der Waals surface area contributed by atoms with E-state index < -0.39 is 11.7 Å². The molecule has 0 saturated carbocycles. The second-order valence-corrected chi connectivity index (χ2v) is 7.19. The molecule has 0 aliphatic heterocycles. The molecule has 4 rings (SSSR count). The Bertz CT molecular complexity index is 1280. The number of para-hydroxylation sites is 1. The number of benzene rings is 2. The molecule has 32 heavy (non-hydrogen) atoms. The molecule has 0 fully saturated rings. The van der Waals surface area contributed by atoms with Gasteiger partial charge in [0.25, 0.3) is 5.91 Å². The van der Waals surface area contributed by atoms with Gasteiger partial charge in [-0.3, -0.25) is 9.78 Å². The molecule has 4 aromatic rings. The first-order chi connectivity index (χ1) is 15.3. The number of ether oxygens (including phenoxy) is 1. The third kappa shape index (κ3) is 4.37. The van der Waals surface area contributed by atoms with Crippen LogP contribution < -0.4 is 14.0 Å². The molecule has 0 unspecified atom stereocenters. The molecule has 0 spiro atoms. The van der Waals surface area contributed by atoms with E-state index in [4.69, 9.17) is 9.15 Å². The maximum absolute atomic E-state index is 13.2. The van der Waals surface area contributed by atoms with Crippen LogP contribution in [0.25, 0.3) is 11.1 Å². The summed E-state index contributed by atoms with van der Waals surface area (Å²) in [4.78, 5) is 19.7. The van der Waals surface area contributed by atoms with Crippen LogP contribution in [-0.4, -0.2) is 22.9 Å². The number of anilines is 2. The maximum Gasteiger partial charge on any atom is 0.418 e. The zero-order valence-corrected chi connectivity index (χ0v) is 17.9. The fourth-order valence-electron chi connectivity index (χ4n) is 2.87. The summed E-state index contributed by atoms with van der Waals surface area (Å²) < 4.78 is 52.2. The first kappa shape index (κ1) is 21.6. The van der Waals surface area contributed by atoms with E-state index in [9.17, 15) is 18.0 Å². The number of carbonyl (C=O) groups is 1. The Labute approximate surface area is 188 Å². The number of pyridine rings is 1. The number of fused-ring (bicyclic) bond motifs is 1. The molecule has 2 heterocycles. The quantitative estimate of drug-likeness (QED) is 0.342. The lowest BCUT2D eigenvalue weighted by atomic mass is 10.2. The first-order valence-electron chi connectivity index (χ1n) is 9.15. The largest absolute Gasteiger partial charge is 0.457 e. The van der Waals surface area contributed by atoms with Crippen molar-refractivity contribution in [1.29, 1.82) is 0 Å². The van der Waals surface area contributed by atoms with Crippen LogP contribution in [0.2, 0.25) is 0 Å². The molecular formula is C21H14BrF3N4O3. The van der Waals surface area contributed by atoms with Crippen molar-refractivity contribution in [3.8, 4) is 11.5 Å². The van der Waals surface area contributed by atoms with Crippen LogP contribution in [0.4, 0.5) is 24.9 Å². The molecule has 0 saturated heterocycles. The predicted molar refractivity (Wildman–Crippen MR) is 114 cm³/mol. The van der Waals surface area contributed by atoms with Crippen LogP contribution in [0.15, 0.2) is 65.2 Å². The SMILES string of the molecule is CNC(=O)c1cc(Oc2ccc(N(Br)c3nc4c(C(F)(F)F)cccc4o3)cc2)ccn1. The highest BCUT2D eigenvalue weighted by molar-refractivity contribution is 9.10. The molecule has 0 bridgehead atoms. The highest BCUT2D eigenvalue weighted by Gasteiger charge is 2.34. The summed E-state index contributed by atoms with van der Waals surface area (Å²) in [5.41, 5.74) is -0.378. The smallest absolute Gasteiger partial charge is 0.418 e. The zero-order valence-electron chi connectivity index (χ0n) is 16.4. The summed E-state index contributed by atoms with van der Waals surface area (Å²) in [5.74, 6) is 0.550. The Morgan fingerprint density at radius 3 is 2.56 bits per heavy atom. The third-order valence-corrected chi connectivity index (χ3v) is 5.08. The van der Waals surface area contributed by atoms with E-state index in [-0.39, 0.29) is 28.7 Å². The van der Waals surface area contributed by atoms with Gasteiger partial charge in [0.05, 0.1) is 27.4 Å². The number of halogens is 4. The Balaban J connectivity index is 1.55. The van der Waals surface area contributed by atoms with E-state index in [0.29, 0.717) is 17.2 Å². The lowest BCUT2D eigenvalue weighted by Crippen LogP contribution is -2.18. The first-order valence-corrected chi connectivity index (χ1v) is 9.86. The van der Waals surface area contributed by atoms with Gasteiger partial charge in [0.1, 0.15) is 22.7 Å². The number of alkyl halides is 3. The Morgan fingerprint density at radius 1 is 1.12 bits per heavy atom. The molecule has 0 aliphatic rings. The van der Waals surface area contributed by atoms with E-state index in [1.807, 2.05) is 0 Å². The summed E-state index contributed by atoms with van der Waals surface area (Å²) in [6.07, 6.45) is -3.09. The van der Waals surface area contributed by atoms with E-state index in [1.54, 1.807) is 30.3 Å². The number of nitrogens with one attached hydrogen (secondary N) is 1. The number of hydrogen-bond donors (Lipinski definition) is 1. The summed E-state index contributed by atoms with van der Waals surface area (Å²) >= 11 is 3.27. The molecule has 1 N–H and O–H groups in total. The Kier molecular flexibility index (Phi) is 5.74. The van der Waals surface area contributed by atoms with Crippen LogP contribution >= 0.6 is 16.1 Å². The number of carbonyl (C=O) groups excluding carboxylic acids is 1. The average Bonchev–Trinajstić information content (AvgIpc) is 3.22. The highest BCUT2D eigenvalue weighted by Crippen LogP contribution is 2.38. The summed E-state index contributed by atoms with van der Waals surface area (Å²) in [6, 6.07) is 13.3. The van der Waals surface area contributed by atoms with Gasteiger partial charge in [-0.2, -0.15) is 18.2 Å². The monoisotopic (exact) mass is 506 g/mol. The zero-order chi connectivity index (χ0) is 22.9. The minimum Gasteiger partial charge on any atom is -0.457 e. The number of hydrogen-bond acceptors (Lipinski definition) is 6. The average molecular weight is 507 g/mol. The van der Waals surface area contributed by atoms with Gasteiger partial charge in [-0.1, -0.05) is 6.07 Å². The number of aromatic nitrogens is 2. The molecule has 0 aliphatic carbocycles. The van der Waals surface area contributed by atoms with Crippen LogP contribution in [0.1, 0.15) is 16.1 Å². The van der Waals surface area contributed by atoms with Crippen molar-refractivity contribution in [2.45, 2.75) is 6.18 Å². The molecule has 2 aromatic carbocycles. The third-order valence-electron chi connectivity index (χ3n) is 4.37. The second-order valence-electron chi connectivity index (χ2n) is 6.48. The van der Waals surface area contributed by atoms with Crippen LogP contribution in [0, 0.1) is 0 Å². The van der Waals surface area contributed by atoms with Gasteiger partial charge < -0.3 is 14.5 Å². The van der Waals surface area contributed by atoms with Crippen molar-refractivity contribution in [3.05, 3.63) is 72.1 Å². The van der Waals surface area contributed by atoms with Crippen molar-refractivity contribution in [3.63, 3.8) is 0 Å². The standard InChI is InChI=1S/C21H14BrF3N4O3/c1-26-19(30)16-11-14(9-10-27-16)31-13-7-5-12(6-8-13)29(22)20-28-18-15(21(23,24)25)3-2-4-17(18)32-20/h2-11H,1H3,(H,26,30). The van der Waals surface area contributed by atoms with Crippen molar-refractivity contribution >= 4 is 44.9 Å². The summed E-state index contributed by atoms with van der Waals surface area (Å²) in [7, 11) is 1.50. The van der Waals surface area contributed by atoms with E-state index in [2.05, 4.69) is 31.4 Å². The predicted octanol–water partition coefficient (Wildman–Crippen LogP) is 5.84. The lowest BCUT2D eigenvalue weighted by Gasteiger charge is -2.12. The molecule has 1 amide bonds. The highest BCUT2D eigenvalue weighted by atomic mass is 79.9. The minimum atomic E-state index is -4.55. The van der Waals surface area contributed by atoms with Crippen molar-refractivity contribution in [1.82, 2.24) is 15.3 Å². The van der Waals surface area contributed by atoms with E-state index >= 15 is 0 Å². The molecule has 7 nitrogen and oxygen atoms in total. The van der Waals surface area contributed by atoms with E-state index in [1.165, 1.54) is 35.4 Å². The Hall–Kier alpha value is -3.60. The fraction of sp³-hybridized carbons (Fsp3) is 0.0952. The maximum atomic E-state index is 13.2. The van der Waals surface area contributed by atoms with Gasteiger partial charge >= 0.3 is 12.2 Å². The molecule has 2 aromatic heterocycles. The van der Waals surface area contributed by atoms with Crippen molar-refractivity contribution < 1.29 is 27.1 Å². The van der Waals surface area contributed by atoms with Crippen molar-refractivity contribution in [2.75, 3.05) is 11.0 Å². The molecule has 11 heteroatoms. The molecular weight excluding hydrogens is 493 g/mol. The molecule has 0 atom stereocenters. The summed E-state index contributed by atoms with van der Waals surface area (Å²) in [6.45, 7) is 0. The van der Waals surface area contributed by atoms with Gasteiger partial charge in [-0.05, 0) is 42.5 Å². The van der Waals surface area contributed by atoms with Crippen LogP contribution in [0.3, 0.4) is 0 Å². The van der Waals surface area contributed by atoms with Gasteiger partial charge in [0.15, 0.2) is 5.58 Å². The fourth-order valence-corrected chi connectivity index (χ4v) is 3.26. The van der Waals surface area contributed by atoms with Gasteiger partial charge in [-0.15, -0.1) is 0 Å². The second kappa shape index (κ2) is 8.50. The molecule has 0 radical (unpaired) electrons. The number of nitrogens with zero attached hydrogens (tertiary/aromatic N) is 3. The Morgan fingerprint density at radius 2 is 1.88 bits per heavy atom. The van der Waals surface area contributed by atoms with E-state index in [0.717, 1.165) is 6.07 Å². The van der Waals surface area contributed by atoms with Crippen LogP contribution in [-0.2, 0) is 6.18 Å². The van der Waals surface area contributed by atoms with Crippen molar-refractivity contribution in [2.24, 2.45) is 0 Å². The number of oxazole rings is 1. The van der Waals surface area contributed by atoms with Gasteiger partial charge in [0, 0.05) is 19.3 Å².